The quantitative estimate of drug-likeness (QED) is 0.363. The minimum absolute atomic E-state index is 0. The summed E-state index contributed by atoms with van der Waals surface area (Å²) in [5, 5.41) is 10.9. The molecule has 5 nitrogen and oxygen atoms in total. The molecule has 2 aromatic rings. The highest BCUT2D eigenvalue weighted by molar-refractivity contribution is 14.0. The van der Waals surface area contributed by atoms with Gasteiger partial charge >= 0.3 is 0 Å². The zero-order valence-electron chi connectivity index (χ0n) is 15.4. The van der Waals surface area contributed by atoms with E-state index in [1.54, 1.807) is 6.20 Å². The van der Waals surface area contributed by atoms with Crippen LogP contribution in [-0.4, -0.2) is 35.4 Å². The van der Waals surface area contributed by atoms with Gasteiger partial charge in [0.15, 0.2) is 5.96 Å². The van der Waals surface area contributed by atoms with E-state index in [1.807, 2.05) is 16.9 Å². The van der Waals surface area contributed by atoms with Crippen LogP contribution in [0, 0.1) is 5.92 Å². The number of hydrogen-bond donors (Lipinski definition) is 2. The first-order valence-corrected chi connectivity index (χ1v) is 8.80. The summed E-state index contributed by atoms with van der Waals surface area (Å²) in [4.78, 5) is 4.62. The van der Waals surface area contributed by atoms with Crippen LogP contribution >= 0.6 is 24.0 Å². The molecule has 0 aliphatic rings. The van der Waals surface area contributed by atoms with E-state index in [-0.39, 0.29) is 24.0 Å². The molecule has 0 saturated heterocycles. The molecule has 0 radical (unpaired) electrons. The molecular weight excluding hydrogens is 425 g/mol. The Morgan fingerprint density at radius 1 is 1.20 bits per heavy atom. The molecule has 0 amide bonds. The summed E-state index contributed by atoms with van der Waals surface area (Å²) in [7, 11) is 0. The molecule has 0 aliphatic carbocycles. The highest BCUT2D eigenvalue weighted by Gasteiger charge is 2.00. The third-order valence-electron chi connectivity index (χ3n) is 3.73. The molecular formula is C19H30IN5. The van der Waals surface area contributed by atoms with Gasteiger partial charge in [0.1, 0.15) is 0 Å². The van der Waals surface area contributed by atoms with E-state index in [1.165, 1.54) is 5.56 Å². The van der Waals surface area contributed by atoms with Crippen molar-refractivity contribution in [1.29, 1.82) is 0 Å². The van der Waals surface area contributed by atoms with Crippen LogP contribution in [0.3, 0.4) is 0 Å². The molecule has 0 aliphatic heterocycles. The van der Waals surface area contributed by atoms with Crippen LogP contribution in [0.15, 0.2) is 47.7 Å². The molecule has 1 aromatic carbocycles. The van der Waals surface area contributed by atoms with Gasteiger partial charge < -0.3 is 10.6 Å². The Morgan fingerprint density at radius 3 is 2.56 bits per heavy atom. The standard InChI is InChI=1S/C19H29N5.HI/c1-4-20-19(21-13-10-16(2)3)22-14-11-17-6-8-18(9-7-17)24-15-5-12-23-24;/h5-9,12,15-16H,4,10-11,13-14H2,1-3H3,(H2,20,21,22);1H. The first-order chi connectivity index (χ1) is 11.7. The number of guanidine groups is 1. The fourth-order valence-corrected chi connectivity index (χ4v) is 2.34. The summed E-state index contributed by atoms with van der Waals surface area (Å²) in [6, 6.07) is 10.4. The fourth-order valence-electron chi connectivity index (χ4n) is 2.34. The number of rotatable bonds is 8. The van der Waals surface area contributed by atoms with E-state index in [0.29, 0.717) is 5.92 Å². The van der Waals surface area contributed by atoms with Gasteiger partial charge in [-0.2, -0.15) is 5.10 Å². The van der Waals surface area contributed by atoms with E-state index in [0.717, 1.165) is 44.1 Å². The van der Waals surface area contributed by atoms with Gasteiger partial charge in [0.05, 0.1) is 5.69 Å². The van der Waals surface area contributed by atoms with Crippen LogP contribution < -0.4 is 10.6 Å². The van der Waals surface area contributed by atoms with E-state index in [9.17, 15) is 0 Å². The molecule has 0 atom stereocenters. The molecule has 1 aromatic heterocycles. The Labute approximate surface area is 168 Å². The minimum atomic E-state index is 0. The number of aromatic nitrogens is 2. The van der Waals surface area contributed by atoms with Crippen LogP contribution in [0.25, 0.3) is 5.69 Å². The zero-order valence-corrected chi connectivity index (χ0v) is 17.7. The summed E-state index contributed by atoms with van der Waals surface area (Å²) >= 11 is 0. The van der Waals surface area contributed by atoms with Crippen molar-refractivity contribution >= 4 is 29.9 Å². The van der Waals surface area contributed by atoms with Crippen molar-refractivity contribution in [3.63, 3.8) is 0 Å². The second-order valence-corrected chi connectivity index (χ2v) is 6.24. The van der Waals surface area contributed by atoms with E-state index in [2.05, 4.69) is 65.8 Å². The van der Waals surface area contributed by atoms with Crippen molar-refractivity contribution in [1.82, 2.24) is 20.4 Å². The van der Waals surface area contributed by atoms with E-state index < -0.39 is 0 Å². The highest BCUT2D eigenvalue weighted by Crippen LogP contribution is 2.08. The van der Waals surface area contributed by atoms with Gasteiger partial charge in [-0.25, -0.2) is 4.68 Å². The molecule has 0 fully saturated rings. The second-order valence-electron chi connectivity index (χ2n) is 6.24. The maximum atomic E-state index is 4.62. The van der Waals surface area contributed by atoms with Crippen LogP contribution in [0.5, 0.6) is 0 Å². The number of nitrogens with zero attached hydrogens (tertiary/aromatic N) is 3. The van der Waals surface area contributed by atoms with Gasteiger partial charge in [-0.1, -0.05) is 26.0 Å². The van der Waals surface area contributed by atoms with Gasteiger partial charge in [0.25, 0.3) is 0 Å². The summed E-state index contributed by atoms with van der Waals surface area (Å²) in [5.41, 5.74) is 2.39. The fraction of sp³-hybridized carbons (Fsp3) is 0.474. The topological polar surface area (TPSA) is 54.2 Å². The molecule has 25 heavy (non-hydrogen) atoms. The Balaban J connectivity index is 0.00000312. The molecule has 2 rings (SSSR count). The van der Waals surface area contributed by atoms with E-state index >= 15 is 0 Å². The maximum Gasteiger partial charge on any atom is 0.191 e. The van der Waals surface area contributed by atoms with Gasteiger partial charge in [0.2, 0.25) is 0 Å². The summed E-state index contributed by atoms with van der Waals surface area (Å²) in [5.74, 6) is 1.59. The minimum Gasteiger partial charge on any atom is -0.357 e. The first-order valence-electron chi connectivity index (χ1n) is 8.80. The molecule has 1 heterocycles. The van der Waals surface area contributed by atoms with Crippen molar-refractivity contribution in [3.05, 3.63) is 48.3 Å². The SMILES string of the molecule is CCNC(=NCCC(C)C)NCCc1ccc(-n2cccn2)cc1.I. The smallest absolute Gasteiger partial charge is 0.191 e. The maximum absolute atomic E-state index is 4.62. The first kappa shape index (κ1) is 21.5. The summed E-state index contributed by atoms with van der Waals surface area (Å²) < 4.78 is 1.87. The molecule has 0 saturated carbocycles. The number of aliphatic imine (C=N–C) groups is 1. The third-order valence-corrected chi connectivity index (χ3v) is 3.73. The molecule has 0 spiro atoms. The van der Waals surface area contributed by atoms with Crippen LogP contribution in [-0.2, 0) is 6.42 Å². The number of nitrogens with one attached hydrogen (secondary N) is 2. The molecule has 138 valence electrons. The normalized spacial score (nSPS) is 11.3. The van der Waals surface area contributed by atoms with E-state index in [4.69, 9.17) is 0 Å². The van der Waals surface area contributed by atoms with Gasteiger partial charge in [0, 0.05) is 32.0 Å². The lowest BCUT2D eigenvalue weighted by Gasteiger charge is -2.12. The molecule has 0 bridgehead atoms. The lowest BCUT2D eigenvalue weighted by Crippen LogP contribution is -2.38. The van der Waals surface area contributed by atoms with Gasteiger partial charge in [-0.15, -0.1) is 24.0 Å². The van der Waals surface area contributed by atoms with Crippen LogP contribution in [0.4, 0.5) is 0 Å². The molecule has 2 N–H and O–H groups in total. The Morgan fingerprint density at radius 2 is 1.96 bits per heavy atom. The second kappa shape index (κ2) is 11.9. The summed E-state index contributed by atoms with van der Waals surface area (Å²) in [6.07, 6.45) is 5.82. The summed E-state index contributed by atoms with van der Waals surface area (Å²) in [6.45, 7) is 9.16. The van der Waals surface area contributed by atoms with Crippen molar-refractivity contribution in [2.75, 3.05) is 19.6 Å². The number of halogens is 1. The number of benzene rings is 1. The highest BCUT2D eigenvalue weighted by atomic mass is 127. The van der Waals surface area contributed by atoms with Crippen LogP contribution in [0.2, 0.25) is 0 Å². The third kappa shape index (κ3) is 7.90. The Kier molecular flexibility index (Phi) is 10.2. The average molecular weight is 455 g/mol. The molecule has 6 heteroatoms. The van der Waals surface area contributed by atoms with Crippen molar-refractivity contribution in [3.8, 4) is 5.69 Å². The van der Waals surface area contributed by atoms with Gasteiger partial charge in [-0.3, -0.25) is 4.99 Å². The monoisotopic (exact) mass is 455 g/mol. The average Bonchev–Trinajstić information content (AvgIpc) is 3.09. The zero-order chi connectivity index (χ0) is 17.2. The Hall–Kier alpha value is -1.57. The Bertz CT molecular complexity index is 605. The van der Waals surface area contributed by atoms with Crippen molar-refractivity contribution in [2.45, 2.75) is 33.6 Å². The number of hydrogen-bond acceptors (Lipinski definition) is 2. The lowest BCUT2D eigenvalue weighted by molar-refractivity contribution is 0.594. The lowest BCUT2D eigenvalue weighted by atomic mass is 10.1. The predicted octanol–water partition coefficient (Wildman–Crippen LogP) is 3.63. The predicted molar refractivity (Wildman–Crippen MR) is 116 cm³/mol. The van der Waals surface area contributed by atoms with Crippen molar-refractivity contribution < 1.29 is 0 Å². The van der Waals surface area contributed by atoms with Gasteiger partial charge in [-0.05, 0) is 49.4 Å². The largest absolute Gasteiger partial charge is 0.357 e. The van der Waals surface area contributed by atoms with Crippen LogP contribution in [0.1, 0.15) is 32.8 Å². The van der Waals surface area contributed by atoms with Crippen molar-refractivity contribution in [2.24, 2.45) is 10.9 Å². The molecule has 0 unspecified atom stereocenters.